The van der Waals surface area contributed by atoms with Crippen LogP contribution < -0.4 is 0 Å². The lowest BCUT2D eigenvalue weighted by Gasteiger charge is -2.07. The van der Waals surface area contributed by atoms with Gasteiger partial charge in [0.25, 0.3) is 5.22 Å². The monoisotopic (exact) mass is 390 g/mol. The summed E-state index contributed by atoms with van der Waals surface area (Å²) in [5.74, 6) is 0.889. The van der Waals surface area contributed by atoms with E-state index in [2.05, 4.69) is 26.7 Å². The number of hydrogen-bond donors (Lipinski definition) is 0. The summed E-state index contributed by atoms with van der Waals surface area (Å²) in [6.45, 7) is 9.07. The van der Waals surface area contributed by atoms with Crippen molar-refractivity contribution < 1.29 is 9.21 Å². The maximum absolute atomic E-state index is 12.6. The van der Waals surface area contributed by atoms with Crippen LogP contribution in [0.25, 0.3) is 0 Å². The number of thioether (sulfide) groups is 1. The Morgan fingerprint density at radius 2 is 2.12 bits per heavy atom. The van der Waals surface area contributed by atoms with Gasteiger partial charge >= 0.3 is 0 Å². The van der Waals surface area contributed by atoms with E-state index in [1.165, 1.54) is 11.8 Å². The number of ketones is 1. The highest BCUT2D eigenvalue weighted by Gasteiger charge is 2.17. The van der Waals surface area contributed by atoms with Crippen molar-refractivity contribution in [1.29, 1.82) is 0 Å². The molecule has 0 atom stereocenters. The first-order valence-corrected chi connectivity index (χ1v) is 10.4. The van der Waals surface area contributed by atoms with Crippen LogP contribution >= 0.6 is 23.1 Å². The van der Waals surface area contributed by atoms with Gasteiger partial charge in [-0.2, -0.15) is 0 Å². The molecule has 0 saturated carbocycles. The minimum absolute atomic E-state index is 0.0836. The van der Waals surface area contributed by atoms with Crippen molar-refractivity contribution in [3.63, 3.8) is 0 Å². The number of hydrogen-bond acceptors (Lipinski definition) is 7. The van der Waals surface area contributed by atoms with Gasteiger partial charge in [0, 0.05) is 28.9 Å². The molecule has 0 fully saturated rings. The number of aryl methyl sites for hydroxylation is 2. The SMILES string of the molecule is CCCn1c(C)cc(C(=O)CSc2nnc(Cc3csc(C)n3)o2)c1C. The van der Waals surface area contributed by atoms with Crippen molar-refractivity contribution >= 4 is 28.9 Å². The predicted octanol–water partition coefficient (Wildman–Crippen LogP) is 4.23. The van der Waals surface area contributed by atoms with Gasteiger partial charge in [-0.15, -0.1) is 21.5 Å². The molecule has 0 saturated heterocycles. The Hall–Kier alpha value is -1.93. The first kappa shape index (κ1) is 18.8. The molecule has 0 aromatic carbocycles. The maximum atomic E-state index is 12.6. The van der Waals surface area contributed by atoms with E-state index in [4.69, 9.17) is 4.42 Å². The van der Waals surface area contributed by atoms with Gasteiger partial charge in [0.15, 0.2) is 5.78 Å². The topological polar surface area (TPSA) is 73.8 Å². The van der Waals surface area contributed by atoms with E-state index < -0.39 is 0 Å². The molecule has 0 N–H and O–H groups in total. The molecule has 3 rings (SSSR count). The standard InChI is InChI=1S/C18H22N4O2S2/c1-5-6-22-11(2)7-15(12(22)3)16(23)10-26-18-21-20-17(24-18)8-14-9-25-13(4)19-14/h7,9H,5-6,8,10H2,1-4H3. The number of carbonyl (C=O) groups excluding carboxylic acids is 1. The van der Waals surface area contributed by atoms with Crippen LogP contribution in [0.2, 0.25) is 0 Å². The molecule has 0 aliphatic heterocycles. The van der Waals surface area contributed by atoms with Crippen LogP contribution in [0, 0.1) is 20.8 Å². The number of thiazole rings is 1. The molecule has 0 spiro atoms. The highest BCUT2D eigenvalue weighted by Crippen LogP contribution is 2.22. The van der Waals surface area contributed by atoms with E-state index in [0.29, 0.717) is 17.5 Å². The lowest BCUT2D eigenvalue weighted by molar-refractivity contribution is 0.102. The zero-order chi connectivity index (χ0) is 18.7. The summed E-state index contributed by atoms with van der Waals surface area (Å²) in [7, 11) is 0. The van der Waals surface area contributed by atoms with Crippen molar-refractivity contribution in [3.05, 3.63) is 45.0 Å². The summed E-state index contributed by atoms with van der Waals surface area (Å²) in [5.41, 5.74) is 3.85. The highest BCUT2D eigenvalue weighted by molar-refractivity contribution is 7.99. The Balaban J connectivity index is 1.61. The summed E-state index contributed by atoms with van der Waals surface area (Å²) in [4.78, 5) is 17.0. The quantitative estimate of drug-likeness (QED) is 0.423. The second-order valence-electron chi connectivity index (χ2n) is 6.14. The van der Waals surface area contributed by atoms with Crippen LogP contribution in [0.4, 0.5) is 0 Å². The van der Waals surface area contributed by atoms with Gasteiger partial charge in [-0.25, -0.2) is 4.98 Å². The Bertz CT molecular complexity index is 910. The molecule has 0 radical (unpaired) electrons. The van der Waals surface area contributed by atoms with Gasteiger partial charge in [0.1, 0.15) is 0 Å². The molecule has 3 heterocycles. The number of carbonyl (C=O) groups is 1. The molecule has 0 amide bonds. The number of aromatic nitrogens is 4. The van der Waals surface area contributed by atoms with E-state index in [0.717, 1.165) is 40.6 Å². The van der Waals surface area contributed by atoms with E-state index >= 15 is 0 Å². The third-order valence-corrected chi connectivity index (χ3v) is 5.74. The fraction of sp³-hybridized carbons (Fsp3) is 0.444. The second-order valence-corrected chi connectivity index (χ2v) is 8.13. The van der Waals surface area contributed by atoms with Crippen molar-refractivity contribution in [3.8, 4) is 0 Å². The molecule has 0 bridgehead atoms. The van der Waals surface area contributed by atoms with Crippen LogP contribution in [0.15, 0.2) is 21.1 Å². The molecule has 138 valence electrons. The fourth-order valence-corrected chi connectivity index (χ4v) is 4.14. The zero-order valence-corrected chi connectivity index (χ0v) is 17.0. The van der Waals surface area contributed by atoms with Crippen molar-refractivity contribution in [2.75, 3.05) is 5.75 Å². The number of rotatable bonds is 8. The minimum Gasteiger partial charge on any atom is -0.416 e. The van der Waals surface area contributed by atoms with E-state index in [1.807, 2.05) is 32.2 Å². The van der Waals surface area contributed by atoms with Crippen LogP contribution in [0.3, 0.4) is 0 Å². The Morgan fingerprint density at radius 1 is 1.31 bits per heavy atom. The molecule has 3 aromatic heterocycles. The minimum atomic E-state index is 0.0836. The molecule has 8 heteroatoms. The van der Waals surface area contributed by atoms with Gasteiger partial charge in [0.05, 0.1) is 22.9 Å². The van der Waals surface area contributed by atoms with Crippen molar-refractivity contribution in [1.82, 2.24) is 19.7 Å². The van der Waals surface area contributed by atoms with Gasteiger partial charge in [-0.1, -0.05) is 18.7 Å². The van der Waals surface area contributed by atoms with Crippen LogP contribution in [-0.2, 0) is 13.0 Å². The van der Waals surface area contributed by atoms with E-state index in [9.17, 15) is 4.79 Å². The van der Waals surface area contributed by atoms with Gasteiger partial charge in [-0.05, 0) is 33.3 Å². The normalized spacial score (nSPS) is 11.2. The molecule has 0 aliphatic rings. The largest absolute Gasteiger partial charge is 0.416 e. The maximum Gasteiger partial charge on any atom is 0.277 e. The Labute approximate surface area is 161 Å². The molecule has 6 nitrogen and oxygen atoms in total. The van der Waals surface area contributed by atoms with Crippen LogP contribution in [-0.4, -0.2) is 31.3 Å². The molecular formula is C18H22N4O2S2. The number of nitrogens with zero attached hydrogens (tertiary/aromatic N) is 4. The highest BCUT2D eigenvalue weighted by atomic mass is 32.2. The summed E-state index contributed by atoms with van der Waals surface area (Å²) < 4.78 is 7.82. The summed E-state index contributed by atoms with van der Waals surface area (Å²) in [6, 6.07) is 1.97. The smallest absolute Gasteiger partial charge is 0.277 e. The molecular weight excluding hydrogens is 368 g/mol. The van der Waals surface area contributed by atoms with Crippen molar-refractivity contribution in [2.45, 2.75) is 52.3 Å². The zero-order valence-electron chi connectivity index (χ0n) is 15.4. The predicted molar refractivity (Wildman–Crippen MR) is 103 cm³/mol. The van der Waals surface area contributed by atoms with E-state index in [1.54, 1.807) is 11.3 Å². The molecule has 26 heavy (non-hydrogen) atoms. The number of Topliss-reactive ketones (excluding diaryl/α,β-unsaturated/α-hetero) is 1. The average molecular weight is 391 g/mol. The first-order valence-electron chi connectivity index (χ1n) is 8.54. The van der Waals surface area contributed by atoms with Crippen molar-refractivity contribution in [2.24, 2.45) is 0 Å². The van der Waals surface area contributed by atoms with Gasteiger partial charge in [-0.3, -0.25) is 4.79 Å². The Morgan fingerprint density at radius 3 is 2.81 bits per heavy atom. The van der Waals surface area contributed by atoms with Crippen LogP contribution in [0.1, 0.15) is 51.7 Å². The average Bonchev–Trinajstić information content (AvgIpc) is 3.29. The summed E-state index contributed by atoms with van der Waals surface area (Å²) in [5, 5.41) is 11.5. The molecule has 3 aromatic rings. The molecule has 0 unspecified atom stereocenters. The second kappa shape index (κ2) is 8.18. The summed E-state index contributed by atoms with van der Waals surface area (Å²) >= 11 is 2.88. The Kier molecular flexibility index (Phi) is 5.93. The third-order valence-electron chi connectivity index (χ3n) is 4.10. The fourth-order valence-electron chi connectivity index (χ4n) is 2.87. The summed E-state index contributed by atoms with van der Waals surface area (Å²) in [6.07, 6.45) is 1.56. The third kappa shape index (κ3) is 4.24. The first-order chi connectivity index (χ1) is 12.5. The van der Waals surface area contributed by atoms with E-state index in [-0.39, 0.29) is 11.5 Å². The lowest BCUT2D eigenvalue weighted by Crippen LogP contribution is -2.06. The van der Waals surface area contributed by atoms with Gasteiger partial charge < -0.3 is 8.98 Å². The molecule has 0 aliphatic carbocycles. The lowest BCUT2D eigenvalue weighted by atomic mass is 10.2. The van der Waals surface area contributed by atoms with Crippen LogP contribution in [0.5, 0.6) is 0 Å². The van der Waals surface area contributed by atoms with Gasteiger partial charge in [0.2, 0.25) is 5.89 Å².